The van der Waals surface area contributed by atoms with Gasteiger partial charge in [-0.15, -0.1) is 0 Å². The molecule has 0 radical (unpaired) electrons. The number of fused-ring (bicyclic) bond motifs is 3. The Hall–Kier alpha value is -1.96. The minimum absolute atomic E-state index is 0.0805. The summed E-state index contributed by atoms with van der Waals surface area (Å²) >= 11 is 0. The molecular formula is C19H26N2O5S. The maximum atomic E-state index is 12.6. The van der Waals surface area contributed by atoms with Crippen LogP contribution in [0.3, 0.4) is 0 Å². The third-order valence-corrected chi connectivity index (χ3v) is 7.63. The summed E-state index contributed by atoms with van der Waals surface area (Å²) in [6, 6.07) is 5.16. The van der Waals surface area contributed by atoms with E-state index in [1.54, 1.807) is 25.1 Å². The Kier molecular flexibility index (Phi) is 4.92. The molecule has 0 aromatic heterocycles. The van der Waals surface area contributed by atoms with Crippen LogP contribution in [0.25, 0.3) is 0 Å². The number of carbonyl (C=O) groups excluding carboxylic acids is 1. The van der Waals surface area contributed by atoms with E-state index in [0.717, 1.165) is 12.8 Å². The molecule has 27 heavy (non-hydrogen) atoms. The fourth-order valence-electron chi connectivity index (χ4n) is 4.50. The van der Waals surface area contributed by atoms with Crippen LogP contribution in [-0.2, 0) is 14.8 Å². The number of benzene rings is 1. The Morgan fingerprint density at radius 3 is 2.63 bits per heavy atom. The van der Waals surface area contributed by atoms with Gasteiger partial charge < -0.3 is 14.8 Å². The number of amides is 1. The zero-order valence-electron chi connectivity index (χ0n) is 15.5. The lowest BCUT2D eigenvalue weighted by Crippen LogP contribution is -2.46. The molecule has 7 nitrogen and oxygen atoms in total. The van der Waals surface area contributed by atoms with E-state index in [-0.39, 0.29) is 24.2 Å². The fraction of sp³-hybridized carbons (Fsp3) is 0.632. The van der Waals surface area contributed by atoms with Crippen molar-refractivity contribution in [2.75, 3.05) is 29.8 Å². The molecule has 1 aromatic carbocycles. The van der Waals surface area contributed by atoms with Gasteiger partial charge in [-0.3, -0.25) is 9.10 Å². The lowest BCUT2D eigenvalue weighted by Gasteiger charge is -2.28. The van der Waals surface area contributed by atoms with Crippen molar-refractivity contribution in [3.05, 3.63) is 18.2 Å². The van der Waals surface area contributed by atoms with Crippen LogP contribution in [0.2, 0.25) is 0 Å². The van der Waals surface area contributed by atoms with Crippen LogP contribution in [0.5, 0.6) is 11.5 Å². The number of hydrogen-bond acceptors (Lipinski definition) is 5. The van der Waals surface area contributed by atoms with E-state index >= 15 is 0 Å². The molecule has 1 aliphatic heterocycles. The van der Waals surface area contributed by atoms with Crippen LogP contribution in [0.4, 0.5) is 5.69 Å². The topological polar surface area (TPSA) is 84.9 Å². The number of hydrogen-bond donors (Lipinski definition) is 1. The third-order valence-electron chi connectivity index (χ3n) is 5.89. The number of rotatable bonds is 6. The average Bonchev–Trinajstić information content (AvgIpc) is 3.28. The van der Waals surface area contributed by atoms with Crippen LogP contribution in [0, 0.1) is 11.8 Å². The minimum atomic E-state index is -3.60. The molecule has 2 bridgehead atoms. The van der Waals surface area contributed by atoms with Crippen LogP contribution < -0.4 is 19.1 Å². The molecule has 0 spiro atoms. The van der Waals surface area contributed by atoms with Gasteiger partial charge >= 0.3 is 0 Å². The first-order chi connectivity index (χ1) is 13.0. The van der Waals surface area contributed by atoms with Crippen molar-refractivity contribution in [2.24, 2.45) is 11.8 Å². The first-order valence-corrected chi connectivity index (χ1v) is 11.3. The van der Waals surface area contributed by atoms with Crippen LogP contribution in [0.15, 0.2) is 18.2 Å². The maximum Gasteiger partial charge on any atom is 0.241 e. The number of carbonyl (C=O) groups is 1. The van der Waals surface area contributed by atoms with Crippen molar-refractivity contribution in [3.63, 3.8) is 0 Å². The lowest BCUT2D eigenvalue weighted by molar-refractivity contribution is -0.120. The number of ether oxygens (including phenoxy) is 2. The Balaban J connectivity index is 1.52. The molecule has 1 amide bonds. The van der Waals surface area contributed by atoms with Gasteiger partial charge in [0.05, 0.1) is 11.4 Å². The normalized spacial score (nSPS) is 26.0. The van der Waals surface area contributed by atoms with Gasteiger partial charge in [-0.05, 0) is 50.2 Å². The average molecular weight is 394 g/mol. The lowest BCUT2D eigenvalue weighted by atomic mass is 9.95. The number of anilines is 1. The second kappa shape index (κ2) is 7.22. The zero-order valence-corrected chi connectivity index (χ0v) is 16.3. The maximum absolute atomic E-state index is 12.6. The van der Waals surface area contributed by atoms with Crippen LogP contribution >= 0.6 is 0 Å². The number of nitrogens with zero attached hydrogens (tertiary/aromatic N) is 1. The monoisotopic (exact) mass is 394 g/mol. The van der Waals surface area contributed by atoms with E-state index < -0.39 is 10.0 Å². The molecule has 3 atom stereocenters. The third kappa shape index (κ3) is 3.72. The smallest absolute Gasteiger partial charge is 0.241 e. The van der Waals surface area contributed by atoms with Gasteiger partial charge in [-0.25, -0.2) is 8.42 Å². The summed E-state index contributed by atoms with van der Waals surface area (Å²) in [5.41, 5.74) is 0.421. The summed E-state index contributed by atoms with van der Waals surface area (Å²) in [6.07, 6.45) is 4.62. The largest absolute Gasteiger partial charge is 0.486 e. The minimum Gasteiger partial charge on any atom is -0.486 e. The first kappa shape index (κ1) is 18.4. The summed E-state index contributed by atoms with van der Waals surface area (Å²) < 4.78 is 37.5. The van der Waals surface area contributed by atoms with Gasteiger partial charge in [-0.1, -0.05) is 6.42 Å². The zero-order chi connectivity index (χ0) is 19.0. The van der Waals surface area contributed by atoms with E-state index in [0.29, 0.717) is 42.2 Å². The molecule has 0 unspecified atom stereocenters. The van der Waals surface area contributed by atoms with Gasteiger partial charge in [-0.2, -0.15) is 0 Å². The van der Waals surface area contributed by atoms with Gasteiger partial charge in [0.25, 0.3) is 0 Å². The van der Waals surface area contributed by atoms with Gasteiger partial charge in [0, 0.05) is 12.1 Å². The highest BCUT2D eigenvalue weighted by molar-refractivity contribution is 7.92. The van der Waals surface area contributed by atoms with E-state index in [1.807, 2.05) is 0 Å². The SMILES string of the molecule is CCS(=O)(=O)N(CC(=O)N[C@@H]1C[C@H]2CC[C@H]1C2)c1ccc2c(c1)OCCO2. The van der Waals surface area contributed by atoms with Crippen molar-refractivity contribution >= 4 is 21.6 Å². The van der Waals surface area contributed by atoms with E-state index in [1.165, 1.54) is 17.1 Å². The molecule has 8 heteroatoms. The summed E-state index contributed by atoms with van der Waals surface area (Å²) in [7, 11) is -3.60. The first-order valence-electron chi connectivity index (χ1n) is 9.65. The molecule has 2 aliphatic carbocycles. The summed E-state index contributed by atoms with van der Waals surface area (Å²) in [5.74, 6) is 2.02. The molecule has 0 saturated heterocycles. The standard InChI is InChI=1S/C19H26N2O5S/c1-2-27(23,24)21(15-5-6-17-18(11-15)26-8-7-25-17)12-19(22)20-16-10-13-3-4-14(16)9-13/h5-6,11,13-14,16H,2-4,7-10,12H2,1H3,(H,20,22)/t13-,14-,16+/m0/s1. The molecule has 3 aliphatic rings. The highest BCUT2D eigenvalue weighted by Crippen LogP contribution is 2.44. The van der Waals surface area contributed by atoms with Crippen molar-refractivity contribution in [2.45, 2.75) is 38.6 Å². The quantitative estimate of drug-likeness (QED) is 0.797. The number of sulfonamides is 1. The Morgan fingerprint density at radius 2 is 1.96 bits per heavy atom. The van der Waals surface area contributed by atoms with Crippen molar-refractivity contribution in [3.8, 4) is 11.5 Å². The fourth-order valence-corrected chi connectivity index (χ4v) is 5.56. The van der Waals surface area contributed by atoms with Gasteiger partial charge in [0.2, 0.25) is 15.9 Å². The summed E-state index contributed by atoms with van der Waals surface area (Å²) in [6.45, 7) is 2.24. The predicted molar refractivity (Wildman–Crippen MR) is 102 cm³/mol. The molecule has 4 rings (SSSR count). The molecular weight excluding hydrogens is 368 g/mol. The Morgan fingerprint density at radius 1 is 1.19 bits per heavy atom. The molecule has 2 fully saturated rings. The van der Waals surface area contributed by atoms with Crippen LogP contribution in [-0.4, -0.2) is 45.9 Å². The molecule has 2 saturated carbocycles. The highest BCUT2D eigenvalue weighted by atomic mass is 32.2. The van der Waals surface area contributed by atoms with E-state index in [9.17, 15) is 13.2 Å². The van der Waals surface area contributed by atoms with Crippen molar-refractivity contribution < 1.29 is 22.7 Å². The van der Waals surface area contributed by atoms with Gasteiger partial charge in [0.15, 0.2) is 11.5 Å². The number of nitrogens with one attached hydrogen (secondary N) is 1. The molecule has 148 valence electrons. The summed E-state index contributed by atoms with van der Waals surface area (Å²) in [5, 5.41) is 3.07. The van der Waals surface area contributed by atoms with Crippen molar-refractivity contribution in [1.29, 1.82) is 0 Å². The highest BCUT2D eigenvalue weighted by Gasteiger charge is 2.40. The second-order valence-corrected chi connectivity index (χ2v) is 9.77. The Bertz CT molecular complexity index is 825. The van der Waals surface area contributed by atoms with Crippen molar-refractivity contribution in [1.82, 2.24) is 5.32 Å². The van der Waals surface area contributed by atoms with E-state index in [4.69, 9.17) is 9.47 Å². The second-order valence-electron chi connectivity index (χ2n) is 7.58. The Labute approximate surface area is 160 Å². The predicted octanol–water partition coefficient (Wildman–Crippen LogP) is 1.92. The van der Waals surface area contributed by atoms with E-state index in [2.05, 4.69) is 5.32 Å². The molecule has 1 aromatic rings. The van der Waals surface area contributed by atoms with Crippen LogP contribution in [0.1, 0.15) is 32.6 Å². The summed E-state index contributed by atoms with van der Waals surface area (Å²) in [4.78, 5) is 12.6. The molecule has 1 heterocycles. The van der Waals surface area contributed by atoms with Gasteiger partial charge in [0.1, 0.15) is 19.8 Å². The molecule has 1 N–H and O–H groups in total.